The van der Waals surface area contributed by atoms with E-state index in [2.05, 4.69) is 27.8 Å². The zero-order chi connectivity index (χ0) is 22.1. The maximum absolute atomic E-state index is 13.6. The van der Waals surface area contributed by atoms with Crippen molar-refractivity contribution >= 4 is 35.8 Å². The normalized spacial score (nSPS) is 16.0. The molecule has 9 heteroatoms. The Kier molecular flexibility index (Phi) is 10.6. The van der Waals surface area contributed by atoms with Gasteiger partial charge in [-0.05, 0) is 24.1 Å². The summed E-state index contributed by atoms with van der Waals surface area (Å²) in [6, 6.07) is 13.3. The van der Waals surface area contributed by atoms with Gasteiger partial charge in [0.25, 0.3) is 0 Å². The lowest BCUT2D eigenvalue weighted by Crippen LogP contribution is -2.41. The van der Waals surface area contributed by atoms with Crippen molar-refractivity contribution in [1.82, 2.24) is 15.5 Å². The van der Waals surface area contributed by atoms with Gasteiger partial charge >= 0.3 is 0 Å². The number of amides is 1. The molecule has 0 saturated carbocycles. The first-order valence-electron chi connectivity index (χ1n) is 10.4. The largest absolute Gasteiger partial charge is 0.489 e. The minimum absolute atomic E-state index is 0. The first-order valence-corrected chi connectivity index (χ1v) is 10.4. The number of aliphatic imine (C=N–C) groups is 1. The number of guanidine groups is 1. The van der Waals surface area contributed by atoms with E-state index >= 15 is 0 Å². The number of halogens is 3. The SMILES string of the molecule is CN=C(NCCOc1ccc(F)cc1F)NCC1CC(=O)N(CCc2ccccc2)C1.I. The van der Waals surface area contributed by atoms with E-state index in [1.807, 2.05) is 23.1 Å². The predicted molar refractivity (Wildman–Crippen MR) is 131 cm³/mol. The van der Waals surface area contributed by atoms with Crippen molar-refractivity contribution in [2.75, 3.05) is 39.8 Å². The van der Waals surface area contributed by atoms with Crippen LogP contribution in [0.5, 0.6) is 5.75 Å². The highest BCUT2D eigenvalue weighted by molar-refractivity contribution is 14.0. The Morgan fingerprint density at radius 3 is 2.69 bits per heavy atom. The number of carbonyl (C=O) groups excluding carboxylic acids is 1. The van der Waals surface area contributed by atoms with E-state index in [0.717, 1.165) is 31.6 Å². The Morgan fingerprint density at radius 2 is 1.97 bits per heavy atom. The molecular weight excluding hydrogens is 529 g/mol. The van der Waals surface area contributed by atoms with Crippen LogP contribution in [0.2, 0.25) is 0 Å². The molecule has 0 radical (unpaired) electrons. The highest BCUT2D eigenvalue weighted by Gasteiger charge is 2.29. The van der Waals surface area contributed by atoms with E-state index in [0.29, 0.717) is 25.5 Å². The number of ether oxygens (including phenoxy) is 1. The zero-order valence-electron chi connectivity index (χ0n) is 18.0. The monoisotopic (exact) mass is 558 g/mol. The Balaban J connectivity index is 0.00000363. The molecule has 0 aliphatic carbocycles. The fourth-order valence-electron chi connectivity index (χ4n) is 3.50. The fraction of sp³-hybridized carbons (Fsp3) is 0.391. The van der Waals surface area contributed by atoms with Crippen molar-refractivity contribution < 1.29 is 18.3 Å². The average Bonchev–Trinajstić information content (AvgIpc) is 3.13. The summed E-state index contributed by atoms with van der Waals surface area (Å²) in [6.07, 6.45) is 1.37. The van der Waals surface area contributed by atoms with Crippen molar-refractivity contribution in [2.24, 2.45) is 10.9 Å². The van der Waals surface area contributed by atoms with Gasteiger partial charge < -0.3 is 20.3 Å². The Hall–Kier alpha value is -2.43. The number of nitrogens with one attached hydrogen (secondary N) is 2. The third kappa shape index (κ3) is 7.92. The minimum atomic E-state index is -0.731. The fourth-order valence-corrected chi connectivity index (χ4v) is 3.50. The number of carbonyl (C=O) groups is 1. The van der Waals surface area contributed by atoms with Gasteiger partial charge in [0.1, 0.15) is 12.4 Å². The molecule has 1 amide bonds. The molecular formula is C23H29F2IN4O2. The standard InChI is InChI=1S/C23H28F2N4O2.HI/c1-26-23(27-10-12-31-21-8-7-19(24)14-20(21)25)28-15-18-13-22(30)29(16-18)11-9-17-5-3-2-4-6-17;/h2-8,14,18H,9-13,15-16H2,1H3,(H2,26,27,28);1H. The molecule has 174 valence electrons. The minimum Gasteiger partial charge on any atom is -0.489 e. The van der Waals surface area contributed by atoms with Gasteiger partial charge in [0.05, 0.1) is 6.54 Å². The highest BCUT2D eigenvalue weighted by atomic mass is 127. The molecule has 1 fully saturated rings. The second kappa shape index (κ2) is 13.2. The average molecular weight is 558 g/mol. The van der Waals surface area contributed by atoms with Crippen LogP contribution in [0, 0.1) is 17.6 Å². The first-order chi connectivity index (χ1) is 15.0. The van der Waals surface area contributed by atoms with Crippen LogP contribution >= 0.6 is 24.0 Å². The summed E-state index contributed by atoms with van der Waals surface area (Å²) in [5.74, 6) is -0.391. The van der Waals surface area contributed by atoms with Gasteiger partial charge in [-0.1, -0.05) is 30.3 Å². The van der Waals surface area contributed by atoms with Crippen LogP contribution in [-0.4, -0.2) is 56.6 Å². The van der Waals surface area contributed by atoms with E-state index in [1.54, 1.807) is 7.05 Å². The number of hydrogen-bond donors (Lipinski definition) is 2. The lowest BCUT2D eigenvalue weighted by atomic mass is 10.1. The Bertz CT molecular complexity index is 899. The van der Waals surface area contributed by atoms with Gasteiger partial charge in [0.2, 0.25) is 5.91 Å². The Labute approximate surface area is 204 Å². The molecule has 1 saturated heterocycles. The third-order valence-electron chi connectivity index (χ3n) is 5.14. The molecule has 6 nitrogen and oxygen atoms in total. The van der Waals surface area contributed by atoms with Gasteiger partial charge in [-0.25, -0.2) is 8.78 Å². The topological polar surface area (TPSA) is 66.0 Å². The van der Waals surface area contributed by atoms with Gasteiger partial charge in [-0.2, -0.15) is 0 Å². The first kappa shape index (κ1) is 25.8. The maximum Gasteiger partial charge on any atom is 0.223 e. The van der Waals surface area contributed by atoms with Crippen molar-refractivity contribution in [3.8, 4) is 5.75 Å². The third-order valence-corrected chi connectivity index (χ3v) is 5.14. The molecule has 32 heavy (non-hydrogen) atoms. The van der Waals surface area contributed by atoms with Crippen LogP contribution in [0.1, 0.15) is 12.0 Å². The molecule has 0 bridgehead atoms. The summed E-state index contributed by atoms with van der Waals surface area (Å²) in [6.45, 7) is 2.66. The summed E-state index contributed by atoms with van der Waals surface area (Å²) in [5, 5.41) is 6.31. The molecule has 0 aromatic heterocycles. The van der Waals surface area contributed by atoms with Crippen molar-refractivity contribution in [1.29, 1.82) is 0 Å². The van der Waals surface area contributed by atoms with E-state index in [9.17, 15) is 13.6 Å². The molecule has 1 aliphatic rings. The lowest BCUT2D eigenvalue weighted by Gasteiger charge is -2.18. The molecule has 2 aromatic rings. The summed E-state index contributed by atoms with van der Waals surface area (Å²) in [4.78, 5) is 18.4. The van der Waals surface area contributed by atoms with Gasteiger partial charge in [0, 0.05) is 45.1 Å². The maximum atomic E-state index is 13.6. The van der Waals surface area contributed by atoms with Crippen molar-refractivity contribution in [3.63, 3.8) is 0 Å². The van der Waals surface area contributed by atoms with E-state index < -0.39 is 11.6 Å². The lowest BCUT2D eigenvalue weighted by molar-refractivity contribution is -0.127. The summed E-state index contributed by atoms with van der Waals surface area (Å²) in [7, 11) is 1.65. The van der Waals surface area contributed by atoms with Gasteiger partial charge in [-0.3, -0.25) is 9.79 Å². The molecule has 2 aromatic carbocycles. The summed E-state index contributed by atoms with van der Waals surface area (Å²) in [5.41, 5.74) is 1.23. The van der Waals surface area contributed by atoms with E-state index in [1.165, 1.54) is 11.6 Å². The molecule has 1 atom stereocenters. The molecule has 3 rings (SSSR count). The van der Waals surface area contributed by atoms with E-state index in [4.69, 9.17) is 4.74 Å². The predicted octanol–water partition coefficient (Wildman–Crippen LogP) is 3.22. The van der Waals surface area contributed by atoms with Crippen LogP contribution < -0.4 is 15.4 Å². The molecule has 2 N–H and O–H groups in total. The summed E-state index contributed by atoms with van der Waals surface area (Å²) < 4.78 is 31.8. The zero-order valence-corrected chi connectivity index (χ0v) is 20.4. The van der Waals surface area contributed by atoms with Crippen LogP contribution in [0.25, 0.3) is 0 Å². The summed E-state index contributed by atoms with van der Waals surface area (Å²) >= 11 is 0. The smallest absolute Gasteiger partial charge is 0.223 e. The second-order valence-electron chi connectivity index (χ2n) is 7.45. The number of hydrogen-bond acceptors (Lipinski definition) is 3. The van der Waals surface area contributed by atoms with Crippen LogP contribution in [0.4, 0.5) is 8.78 Å². The molecule has 1 unspecified atom stereocenters. The molecule has 0 spiro atoms. The molecule has 1 aliphatic heterocycles. The van der Waals surface area contributed by atoms with Crippen LogP contribution in [-0.2, 0) is 11.2 Å². The second-order valence-corrected chi connectivity index (χ2v) is 7.45. The van der Waals surface area contributed by atoms with Gasteiger partial charge in [-0.15, -0.1) is 24.0 Å². The van der Waals surface area contributed by atoms with Crippen LogP contribution in [0.3, 0.4) is 0 Å². The highest BCUT2D eigenvalue weighted by Crippen LogP contribution is 2.18. The van der Waals surface area contributed by atoms with E-state index in [-0.39, 0.29) is 48.2 Å². The number of benzene rings is 2. The number of nitrogens with zero attached hydrogens (tertiary/aromatic N) is 2. The number of likely N-dealkylation sites (tertiary alicyclic amines) is 1. The van der Waals surface area contributed by atoms with Crippen molar-refractivity contribution in [2.45, 2.75) is 12.8 Å². The molecule has 1 heterocycles. The number of rotatable bonds is 9. The van der Waals surface area contributed by atoms with Gasteiger partial charge in [0.15, 0.2) is 17.5 Å². The quantitative estimate of drug-likeness (QED) is 0.215. The van der Waals surface area contributed by atoms with Crippen LogP contribution in [0.15, 0.2) is 53.5 Å². The Morgan fingerprint density at radius 1 is 1.19 bits per heavy atom. The van der Waals surface area contributed by atoms with Crippen molar-refractivity contribution in [3.05, 3.63) is 65.7 Å².